The predicted octanol–water partition coefficient (Wildman–Crippen LogP) is 6.16. The van der Waals surface area contributed by atoms with E-state index in [1.807, 2.05) is 6.07 Å². The van der Waals surface area contributed by atoms with Gasteiger partial charge in [0.1, 0.15) is 0 Å². The first-order valence-electron chi connectivity index (χ1n) is 8.14. The van der Waals surface area contributed by atoms with Crippen LogP contribution in [0.15, 0.2) is 72.8 Å². The molecule has 0 nitrogen and oxygen atoms in total. The van der Waals surface area contributed by atoms with Crippen molar-refractivity contribution in [1.29, 1.82) is 0 Å². The Balaban J connectivity index is 1.76. The van der Waals surface area contributed by atoms with Crippen LogP contribution in [0.2, 0.25) is 0 Å². The third-order valence-electron chi connectivity index (χ3n) is 4.88. The molecule has 0 radical (unpaired) electrons. The van der Waals surface area contributed by atoms with Gasteiger partial charge in [-0.25, -0.2) is 0 Å². The first-order chi connectivity index (χ1) is 11.2. The molecule has 0 saturated heterocycles. The molecule has 1 aliphatic carbocycles. The van der Waals surface area contributed by atoms with E-state index in [9.17, 15) is 0 Å². The molecule has 0 bridgehead atoms. The van der Waals surface area contributed by atoms with Gasteiger partial charge in [-0.05, 0) is 33.4 Å². The van der Waals surface area contributed by atoms with E-state index in [-0.39, 0.29) is 5.41 Å². The van der Waals surface area contributed by atoms with Crippen molar-refractivity contribution >= 4 is 12.2 Å². The minimum Gasteiger partial charge on any atom is -0.0622 e. The third-order valence-corrected chi connectivity index (χ3v) is 4.88. The van der Waals surface area contributed by atoms with Crippen LogP contribution in [-0.2, 0) is 5.41 Å². The molecule has 0 N–H and O–H groups in total. The van der Waals surface area contributed by atoms with Crippen molar-refractivity contribution in [1.82, 2.24) is 0 Å². The Hall–Kier alpha value is -2.60. The summed E-state index contributed by atoms with van der Waals surface area (Å²) in [4.78, 5) is 0. The molecule has 4 rings (SSSR count). The second kappa shape index (κ2) is 5.24. The minimum atomic E-state index is 0.0719. The lowest BCUT2D eigenvalue weighted by atomic mass is 9.82. The van der Waals surface area contributed by atoms with Crippen LogP contribution in [0.4, 0.5) is 0 Å². The molecule has 23 heavy (non-hydrogen) atoms. The van der Waals surface area contributed by atoms with Gasteiger partial charge in [-0.3, -0.25) is 0 Å². The fraction of sp³-hybridized carbons (Fsp3) is 0.130. The van der Waals surface area contributed by atoms with Crippen LogP contribution < -0.4 is 0 Å². The Morgan fingerprint density at radius 1 is 0.609 bits per heavy atom. The van der Waals surface area contributed by atoms with Crippen molar-refractivity contribution < 1.29 is 0 Å². The summed E-state index contributed by atoms with van der Waals surface area (Å²) in [5.41, 5.74) is 8.17. The van der Waals surface area contributed by atoms with Crippen LogP contribution in [0.5, 0.6) is 0 Å². The standard InChI is InChI=1S/C23H20/c1-23(2)21-11-7-6-10-19(21)20-15-14-18(16-22(20)23)13-12-17-8-4-3-5-9-17/h3-16H,1-2H3/b13-12+. The van der Waals surface area contributed by atoms with Gasteiger partial charge in [0.2, 0.25) is 0 Å². The van der Waals surface area contributed by atoms with Crippen LogP contribution in [0.3, 0.4) is 0 Å². The van der Waals surface area contributed by atoms with Crippen LogP contribution >= 0.6 is 0 Å². The summed E-state index contributed by atoms with van der Waals surface area (Å²) in [6.45, 7) is 4.64. The summed E-state index contributed by atoms with van der Waals surface area (Å²) in [6, 6.07) is 26.1. The highest BCUT2D eigenvalue weighted by Crippen LogP contribution is 2.48. The molecule has 0 aromatic heterocycles. The normalized spacial score (nSPS) is 14.7. The lowest BCUT2D eigenvalue weighted by molar-refractivity contribution is 0.660. The number of hydrogen-bond acceptors (Lipinski definition) is 0. The summed E-state index contributed by atoms with van der Waals surface area (Å²) in [5, 5.41) is 0. The molecular formula is C23H20. The summed E-state index contributed by atoms with van der Waals surface area (Å²) in [5.74, 6) is 0. The van der Waals surface area contributed by atoms with Gasteiger partial charge >= 0.3 is 0 Å². The zero-order valence-corrected chi connectivity index (χ0v) is 13.6. The van der Waals surface area contributed by atoms with E-state index in [0.29, 0.717) is 0 Å². The minimum absolute atomic E-state index is 0.0719. The van der Waals surface area contributed by atoms with Crippen molar-refractivity contribution in [2.45, 2.75) is 19.3 Å². The van der Waals surface area contributed by atoms with E-state index < -0.39 is 0 Å². The summed E-state index contributed by atoms with van der Waals surface area (Å²) in [6.07, 6.45) is 4.38. The Morgan fingerprint density at radius 2 is 1.26 bits per heavy atom. The van der Waals surface area contributed by atoms with Gasteiger partial charge in [0.25, 0.3) is 0 Å². The molecule has 0 heteroatoms. The molecule has 0 fully saturated rings. The molecule has 3 aromatic rings. The van der Waals surface area contributed by atoms with Gasteiger partial charge in [0, 0.05) is 5.41 Å². The largest absolute Gasteiger partial charge is 0.0622 e. The highest BCUT2D eigenvalue weighted by Gasteiger charge is 2.34. The lowest BCUT2D eigenvalue weighted by Gasteiger charge is -2.21. The summed E-state index contributed by atoms with van der Waals surface area (Å²) in [7, 11) is 0. The first kappa shape index (κ1) is 14.0. The predicted molar refractivity (Wildman–Crippen MR) is 99.4 cm³/mol. The van der Waals surface area contributed by atoms with Gasteiger partial charge in [-0.2, -0.15) is 0 Å². The third kappa shape index (κ3) is 2.31. The van der Waals surface area contributed by atoms with E-state index in [4.69, 9.17) is 0 Å². The smallest absolute Gasteiger partial charge is 0.0159 e. The maximum absolute atomic E-state index is 2.34. The zero-order valence-electron chi connectivity index (χ0n) is 13.6. The Morgan fingerprint density at radius 3 is 2.09 bits per heavy atom. The maximum Gasteiger partial charge on any atom is 0.0159 e. The Kier molecular flexibility index (Phi) is 3.20. The highest BCUT2D eigenvalue weighted by atomic mass is 14.4. The summed E-state index contributed by atoms with van der Waals surface area (Å²) < 4.78 is 0. The second-order valence-corrected chi connectivity index (χ2v) is 6.72. The average Bonchev–Trinajstić information content (AvgIpc) is 2.82. The van der Waals surface area contributed by atoms with E-state index in [2.05, 4.69) is 92.7 Å². The molecule has 1 aliphatic rings. The van der Waals surface area contributed by atoms with Crippen molar-refractivity contribution in [3.05, 3.63) is 95.1 Å². The molecule has 0 heterocycles. The van der Waals surface area contributed by atoms with Crippen molar-refractivity contribution in [2.75, 3.05) is 0 Å². The molecule has 3 aromatic carbocycles. The average molecular weight is 296 g/mol. The summed E-state index contributed by atoms with van der Waals surface area (Å²) >= 11 is 0. The lowest BCUT2D eigenvalue weighted by Crippen LogP contribution is -2.14. The molecule has 0 amide bonds. The van der Waals surface area contributed by atoms with Gasteiger partial charge in [-0.1, -0.05) is 98.8 Å². The fourth-order valence-electron chi connectivity index (χ4n) is 3.58. The molecule has 112 valence electrons. The van der Waals surface area contributed by atoms with E-state index in [1.165, 1.54) is 33.4 Å². The van der Waals surface area contributed by atoms with Crippen LogP contribution in [0.1, 0.15) is 36.1 Å². The first-order valence-corrected chi connectivity index (χ1v) is 8.14. The van der Waals surface area contributed by atoms with Crippen molar-refractivity contribution in [3.63, 3.8) is 0 Å². The molecule has 0 atom stereocenters. The monoisotopic (exact) mass is 296 g/mol. The number of hydrogen-bond donors (Lipinski definition) is 0. The highest BCUT2D eigenvalue weighted by molar-refractivity contribution is 5.82. The Bertz CT molecular complexity index is 883. The Labute approximate surface area is 138 Å². The van der Waals surface area contributed by atoms with E-state index in [0.717, 1.165) is 0 Å². The maximum atomic E-state index is 2.34. The number of rotatable bonds is 2. The molecule has 0 aliphatic heterocycles. The van der Waals surface area contributed by atoms with E-state index in [1.54, 1.807) is 0 Å². The topological polar surface area (TPSA) is 0 Å². The fourth-order valence-corrected chi connectivity index (χ4v) is 3.58. The molecule has 0 spiro atoms. The zero-order chi connectivity index (χ0) is 15.9. The van der Waals surface area contributed by atoms with Crippen LogP contribution in [-0.4, -0.2) is 0 Å². The van der Waals surface area contributed by atoms with Crippen molar-refractivity contribution in [2.24, 2.45) is 0 Å². The van der Waals surface area contributed by atoms with Crippen molar-refractivity contribution in [3.8, 4) is 11.1 Å². The van der Waals surface area contributed by atoms with Gasteiger partial charge < -0.3 is 0 Å². The van der Waals surface area contributed by atoms with Crippen LogP contribution in [0.25, 0.3) is 23.3 Å². The molecule has 0 saturated carbocycles. The molecular weight excluding hydrogens is 276 g/mol. The number of benzene rings is 3. The van der Waals surface area contributed by atoms with Gasteiger partial charge in [0.05, 0.1) is 0 Å². The number of fused-ring (bicyclic) bond motifs is 3. The van der Waals surface area contributed by atoms with Crippen LogP contribution in [0, 0.1) is 0 Å². The molecule has 0 unspecified atom stereocenters. The van der Waals surface area contributed by atoms with Gasteiger partial charge in [-0.15, -0.1) is 0 Å². The quantitative estimate of drug-likeness (QED) is 0.496. The second-order valence-electron chi connectivity index (χ2n) is 6.72. The van der Waals surface area contributed by atoms with E-state index >= 15 is 0 Å². The SMILES string of the molecule is CC1(C)c2ccccc2-c2ccc(/C=C/c3ccccc3)cc21. The van der Waals surface area contributed by atoms with Gasteiger partial charge in [0.15, 0.2) is 0 Å².